The Morgan fingerprint density at radius 3 is 2.60 bits per heavy atom. The van der Waals surface area contributed by atoms with Gasteiger partial charge in [0.25, 0.3) is 0 Å². The molecule has 1 aliphatic carbocycles. The minimum atomic E-state index is 0.352. The van der Waals surface area contributed by atoms with E-state index < -0.39 is 0 Å². The number of hydrogen-bond acceptors (Lipinski definition) is 2. The fourth-order valence-corrected chi connectivity index (χ4v) is 3.26. The molecule has 2 N–H and O–H groups in total. The highest BCUT2D eigenvalue weighted by Gasteiger charge is 2.26. The molecular weight excluding hydrogens is 246 g/mol. The average molecular weight is 275 g/mol. The molecule has 2 nitrogen and oxygen atoms in total. The van der Waals surface area contributed by atoms with Gasteiger partial charge in [0.2, 0.25) is 0 Å². The van der Waals surface area contributed by atoms with Crippen molar-refractivity contribution in [2.45, 2.75) is 65.0 Å². The number of phenolic OH excluding ortho intramolecular Hbond substituents is 1. The third-order valence-electron chi connectivity index (χ3n) is 4.76. The molecule has 20 heavy (non-hydrogen) atoms. The molecule has 4 unspecified atom stereocenters. The van der Waals surface area contributed by atoms with Gasteiger partial charge in [-0.05, 0) is 62.1 Å². The Bertz CT molecular complexity index is 400. The van der Waals surface area contributed by atoms with Crippen molar-refractivity contribution in [3.8, 4) is 5.75 Å². The normalized spacial score (nSPS) is 28.2. The van der Waals surface area contributed by atoms with E-state index in [0.717, 1.165) is 24.7 Å². The molecule has 1 aliphatic rings. The number of aromatic hydroxyl groups is 1. The van der Waals surface area contributed by atoms with Crippen LogP contribution in [-0.2, 0) is 6.42 Å². The van der Waals surface area contributed by atoms with Gasteiger partial charge in [0.05, 0.1) is 0 Å². The molecule has 0 bridgehead atoms. The lowest BCUT2D eigenvalue weighted by atomic mass is 9.79. The van der Waals surface area contributed by atoms with Crippen LogP contribution in [0.2, 0.25) is 0 Å². The van der Waals surface area contributed by atoms with Crippen LogP contribution in [0.15, 0.2) is 24.3 Å². The summed E-state index contributed by atoms with van der Waals surface area (Å²) in [5.74, 6) is 2.03. The molecule has 4 atom stereocenters. The third-order valence-corrected chi connectivity index (χ3v) is 4.76. The van der Waals surface area contributed by atoms with Gasteiger partial charge in [0, 0.05) is 12.1 Å². The van der Waals surface area contributed by atoms with Gasteiger partial charge < -0.3 is 10.4 Å². The lowest BCUT2D eigenvalue weighted by Gasteiger charge is -2.35. The lowest BCUT2D eigenvalue weighted by molar-refractivity contribution is 0.213. The van der Waals surface area contributed by atoms with Gasteiger partial charge in [0.1, 0.15) is 5.75 Å². The number of phenols is 1. The zero-order valence-corrected chi connectivity index (χ0v) is 13.1. The molecule has 0 amide bonds. The Morgan fingerprint density at radius 2 is 1.90 bits per heavy atom. The Balaban J connectivity index is 1.77. The van der Waals surface area contributed by atoms with Crippen LogP contribution in [0.1, 0.15) is 52.0 Å². The minimum absolute atomic E-state index is 0.352. The van der Waals surface area contributed by atoms with Crippen LogP contribution in [0.25, 0.3) is 0 Å². The van der Waals surface area contributed by atoms with Crippen molar-refractivity contribution in [2.75, 3.05) is 0 Å². The van der Waals surface area contributed by atoms with E-state index in [-0.39, 0.29) is 0 Å². The van der Waals surface area contributed by atoms with Crippen LogP contribution in [0.3, 0.4) is 0 Å². The maximum atomic E-state index is 9.29. The summed E-state index contributed by atoms with van der Waals surface area (Å²) in [5, 5.41) is 13.1. The smallest absolute Gasteiger partial charge is 0.115 e. The molecule has 0 spiro atoms. The summed E-state index contributed by atoms with van der Waals surface area (Å²) in [7, 11) is 0. The molecule has 0 saturated heterocycles. The van der Waals surface area contributed by atoms with E-state index in [2.05, 4.69) is 26.1 Å². The van der Waals surface area contributed by atoms with Crippen LogP contribution in [0.4, 0.5) is 0 Å². The summed E-state index contributed by atoms with van der Waals surface area (Å²) < 4.78 is 0. The first-order valence-corrected chi connectivity index (χ1v) is 8.08. The van der Waals surface area contributed by atoms with Crippen molar-refractivity contribution >= 4 is 0 Å². The number of hydrogen-bond donors (Lipinski definition) is 2. The Kier molecular flexibility index (Phi) is 5.47. The Morgan fingerprint density at radius 1 is 1.20 bits per heavy atom. The predicted molar refractivity (Wildman–Crippen MR) is 85.0 cm³/mol. The van der Waals surface area contributed by atoms with E-state index in [1.807, 2.05) is 12.1 Å². The van der Waals surface area contributed by atoms with Crippen molar-refractivity contribution in [3.05, 3.63) is 29.8 Å². The van der Waals surface area contributed by atoms with Gasteiger partial charge in [-0.2, -0.15) is 0 Å². The SMILES string of the molecule is CC1CCC(C)C(NC(C)CCc2ccc(O)cc2)C1. The van der Waals surface area contributed by atoms with E-state index in [0.29, 0.717) is 17.8 Å². The molecule has 0 aliphatic heterocycles. The van der Waals surface area contributed by atoms with Gasteiger partial charge >= 0.3 is 0 Å². The molecule has 0 radical (unpaired) electrons. The van der Waals surface area contributed by atoms with Crippen LogP contribution < -0.4 is 5.32 Å². The largest absolute Gasteiger partial charge is 0.508 e. The maximum absolute atomic E-state index is 9.29. The molecule has 1 fully saturated rings. The van der Waals surface area contributed by atoms with E-state index in [1.165, 1.54) is 24.8 Å². The summed E-state index contributed by atoms with van der Waals surface area (Å²) in [4.78, 5) is 0. The minimum Gasteiger partial charge on any atom is -0.508 e. The highest BCUT2D eigenvalue weighted by molar-refractivity contribution is 5.25. The topological polar surface area (TPSA) is 32.3 Å². The molecule has 0 aromatic heterocycles. The number of nitrogens with one attached hydrogen (secondary N) is 1. The van der Waals surface area contributed by atoms with Crippen molar-refractivity contribution in [3.63, 3.8) is 0 Å². The van der Waals surface area contributed by atoms with Crippen molar-refractivity contribution < 1.29 is 5.11 Å². The second kappa shape index (κ2) is 7.12. The summed E-state index contributed by atoms with van der Waals surface area (Å²) in [6, 6.07) is 8.84. The molecule has 2 heteroatoms. The second-order valence-electron chi connectivity index (χ2n) is 6.77. The zero-order chi connectivity index (χ0) is 14.5. The number of rotatable bonds is 5. The zero-order valence-electron chi connectivity index (χ0n) is 13.1. The summed E-state index contributed by atoms with van der Waals surface area (Å²) in [5.41, 5.74) is 1.31. The lowest BCUT2D eigenvalue weighted by Crippen LogP contribution is -2.44. The van der Waals surface area contributed by atoms with E-state index in [4.69, 9.17) is 0 Å². The fourth-order valence-electron chi connectivity index (χ4n) is 3.26. The highest BCUT2D eigenvalue weighted by Crippen LogP contribution is 2.28. The van der Waals surface area contributed by atoms with Crippen molar-refractivity contribution in [1.29, 1.82) is 0 Å². The quantitative estimate of drug-likeness (QED) is 0.847. The molecule has 112 valence electrons. The first-order valence-electron chi connectivity index (χ1n) is 8.08. The molecular formula is C18H29NO. The van der Waals surface area contributed by atoms with Crippen LogP contribution in [0, 0.1) is 11.8 Å². The summed E-state index contributed by atoms with van der Waals surface area (Å²) >= 11 is 0. The van der Waals surface area contributed by atoms with E-state index in [9.17, 15) is 5.11 Å². The predicted octanol–water partition coefficient (Wildman–Crippen LogP) is 4.13. The Labute approximate surface area is 123 Å². The van der Waals surface area contributed by atoms with Crippen LogP contribution >= 0.6 is 0 Å². The average Bonchev–Trinajstić information content (AvgIpc) is 2.42. The monoisotopic (exact) mass is 275 g/mol. The van der Waals surface area contributed by atoms with E-state index >= 15 is 0 Å². The standard InChI is InChI=1S/C18H29NO/c1-13-4-5-14(2)18(12-13)19-15(3)6-7-16-8-10-17(20)11-9-16/h8-11,13-15,18-20H,4-7,12H2,1-3H3. The number of aryl methyl sites for hydroxylation is 1. The molecule has 1 aromatic carbocycles. The molecule has 0 heterocycles. The maximum Gasteiger partial charge on any atom is 0.115 e. The third kappa shape index (κ3) is 4.52. The first kappa shape index (κ1) is 15.4. The summed E-state index contributed by atoms with van der Waals surface area (Å²) in [6.07, 6.45) is 6.31. The molecule has 1 saturated carbocycles. The number of benzene rings is 1. The van der Waals surface area contributed by atoms with E-state index in [1.54, 1.807) is 12.1 Å². The van der Waals surface area contributed by atoms with Crippen LogP contribution in [0.5, 0.6) is 5.75 Å². The molecule has 2 rings (SSSR count). The highest BCUT2D eigenvalue weighted by atomic mass is 16.3. The van der Waals surface area contributed by atoms with Crippen molar-refractivity contribution in [2.24, 2.45) is 11.8 Å². The van der Waals surface area contributed by atoms with Gasteiger partial charge in [-0.3, -0.25) is 0 Å². The first-order chi connectivity index (χ1) is 9.54. The van der Waals surface area contributed by atoms with Gasteiger partial charge in [-0.25, -0.2) is 0 Å². The fraction of sp³-hybridized carbons (Fsp3) is 0.667. The molecule has 1 aromatic rings. The van der Waals surface area contributed by atoms with Crippen LogP contribution in [-0.4, -0.2) is 17.2 Å². The summed E-state index contributed by atoms with van der Waals surface area (Å²) in [6.45, 7) is 7.06. The Hall–Kier alpha value is -1.02. The van der Waals surface area contributed by atoms with Gasteiger partial charge in [-0.1, -0.05) is 32.4 Å². The van der Waals surface area contributed by atoms with Crippen molar-refractivity contribution in [1.82, 2.24) is 5.32 Å². The second-order valence-corrected chi connectivity index (χ2v) is 6.77. The van der Waals surface area contributed by atoms with Gasteiger partial charge in [-0.15, -0.1) is 0 Å². The van der Waals surface area contributed by atoms with Gasteiger partial charge in [0.15, 0.2) is 0 Å².